The Balaban J connectivity index is 1.87. The van der Waals surface area contributed by atoms with Crippen LogP contribution in [0.1, 0.15) is 65.2 Å². The molecular formula is C14H29NO. The summed E-state index contributed by atoms with van der Waals surface area (Å²) in [6.45, 7) is 6.44. The molecule has 0 saturated heterocycles. The molecule has 0 aromatic heterocycles. The molecule has 0 spiro atoms. The highest BCUT2D eigenvalue weighted by Gasteiger charge is 2.11. The van der Waals surface area contributed by atoms with Crippen LogP contribution in [0.2, 0.25) is 0 Å². The van der Waals surface area contributed by atoms with E-state index in [0.29, 0.717) is 6.10 Å². The zero-order valence-electron chi connectivity index (χ0n) is 11.1. The molecule has 0 aromatic carbocycles. The second kappa shape index (κ2) is 9.00. The Kier molecular flexibility index (Phi) is 7.87. The van der Waals surface area contributed by atoms with E-state index < -0.39 is 0 Å². The van der Waals surface area contributed by atoms with Crippen LogP contribution < -0.4 is 5.32 Å². The molecule has 2 heteroatoms. The third-order valence-corrected chi connectivity index (χ3v) is 3.46. The zero-order chi connectivity index (χ0) is 11.6. The topological polar surface area (TPSA) is 21.3 Å². The van der Waals surface area contributed by atoms with Crippen LogP contribution in [-0.2, 0) is 4.74 Å². The number of hydrogen-bond donors (Lipinski definition) is 1. The van der Waals surface area contributed by atoms with Gasteiger partial charge in [-0.2, -0.15) is 0 Å². The van der Waals surface area contributed by atoms with Gasteiger partial charge in [0.1, 0.15) is 0 Å². The van der Waals surface area contributed by atoms with Gasteiger partial charge in [-0.15, -0.1) is 0 Å². The number of ether oxygens (including phenoxy) is 1. The second-order valence-corrected chi connectivity index (χ2v) is 5.11. The summed E-state index contributed by atoms with van der Waals surface area (Å²) in [7, 11) is 0. The van der Waals surface area contributed by atoms with Crippen molar-refractivity contribution in [1.82, 2.24) is 5.32 Å². The van der Waals surface area contributed by atoms with Gasteiger partial charge < -0.3 is 10.1 Å². The SMILES string of the molecule is CCCC(C)OCCCNC1CCCCC1. The van der Waals surface area contributed by atoms with Crippen LogP contribution in [0.5, 0.6) is 0 Å². The van der Waals surface area contributed by atoms with Crippen molar-refractivity contribution in [3.63, 3.8) is 0 Å². The molecular weight excluding hydrogens is 198 g/mol. The quantitative estimate of drug-likeness (QED) is 0.641. The van der Waals surface area contributed by atoms with E-state index in [1.54, 1.807) is 0 Å². The molecule has 16 heavy (non-hydrogen) atoms. The van der Waals surface area contributed by atoms with Crippen LogP contribution in [0.4, 0.5) is 0 Å². The molecule has 2 nitrogen and oxygen atoms in total. The molecule has 0 heterocycles. The fourth-order valence-corrected chi connectivity index (χ4v) is 2.46. The first-order valence-corrected chi connectivity index (χ1v) is 7.18. The van der Waals surface area contributed by atoms with Crippen molar-refractivity contribution in [2.45, 2.75) is 77.4 Å². The van der Waals surface area contributed by atoms with Crippen molar-refractivity contribution in [1.29, 1.82) is 0 Å². The van der Waals surface area contributed by atoms with Crippen LogP contribution in [0.3, 0.4) is 0 Å². The molecule has 1 rings (SSSR count). The Bertz CT molecular complexity index is 155. The zero-order valence-corrected chi connectivity index (χ0v) is 11.1. The van der Waals surface area contributed by atoms with Crippen molar-refractivity contribution in [2.24, 2.45) is 0 Å². The predicted molar refractivity (Wildman–Crippen MR) is 69.8 cm³/mol. The van der Waals surface area contributed by atoms with Crippen LogP contribution >= 0.6 is 0 Å². The van der Waals surface area contributed by atoms with E-state index in [1.807, 2.05) is 0 Å². The number of rotatable bonds is 8. The number of hydrogen-bond acceptors (Lipinski definition) is 2. The van der Waals surface area contributed by atoms with Crippen LogP contribution in [0.15, 0.2) is 0 Å². The molecule has 1 fully saturated rings. The van der Waals surface area contributed by atoms with E-state index in [4.69, 9.17) is 4.74 Å². The molecule has 1 N–H and O–H groups in total. The molecule has 0 aliphatic heterocycles. The summed E-state index contributed by atoms with van der Waals surface area (Å²) in [5.74, 6) is 0. The van der Waals surface area contributed by atoms with E-state index in [0.717, 1.165) is 25.6 Å². The van der Waals surface area contributed by atoms with Crippen molar-refractivity contribution < 1.29 is 4.74 Å². The van der Waals surface area contributed by atoms with Gasteiger partial charge in [-0.05, 0) is 39.2 Å². The Hall–Kier alpha value is -0.0800. The predicted octanol–water partition coefficient (Wildman–Crippen LogP) is 3.50. The van der Waals surface area contributed by atoms with Gasteiger partial charge in [-0.3, -0.25) is 0 Å². The first-order valence-electron chi connectivity index (χ1n) is 7.18. The second-order valence-electron chi connectivity index (χ2n) is 5.11. The first kappa shape index (κ1) is 14.0. The molecule has 1 aliphatic rings. The highest BCUT2D eigenvalue weighted by Crippen LogP contribution is 2.17. The summed E-state index contributed by atoms with van der Waals surface area (Å²) < 4.78 is 5.73. The smallest absolute Gasteiger partial charge is 0.0546 e. The van der Waals surface area contributed by atoms with Crippen molar-refractivity contribution in [2.75, 3.05) is 13.2 Å². The molecule has 96 valence electrons. The normalized spacial score (nSPS) is 19.9. The fraction of sp³-hybridized carbons (Fsp3) is 1.00. The Morgan fingerprint density at radius 1 is 1.25 bits per heavy atom. The van der Waals surface area contributed by atoms with Crippen molar-refractivity contribution >= 4 is 0 Å². The minimum Gasteiger partial charge on any atom is -0.378 e. The molecule has 1 atom stereocenters. The lowest BCUT2D eigenvalue weighted by Crippen LogP contribution is -2.32. The molecule has 1 unspecified atom stereocenters. The van der Waals surface area contributed by atoms with Crippen molar-refractivity contribution in [3.05, 3.63) is 0 Å². The largest absolute Gasteiger partial charge is 0.378 e. The maximum Gasteiger partial charge on any atom is 0.0546 e. The Morgan fingerprint density at radius 2 is 2.00 bits per heavy atom. The molecule has 1 aliphatic carbocycles. The van der Waals surface area contributed by atoms with E-state index in [-0.39, 0.29) is 0 Å². The molecule has 0 aromatic rings. The number of nitrogens with one attached hydrogen (secondary N) is 1. The van der Waals surface area contributed by atoms with E-state index in [9.17, 15) is 0 Å². The van der Waals surface area contributed by atoms with E-state index in [1.165, 1.54) is 44.9 Å². The summed E-state index contributed by atoms with van der Waals surface area (Å²) >= 11 is 0. The average Bonchev–Trinajstić information content (AvgIpc) is 2.30. The van der Waals surface area contributed by atoms with Gasteiger partial charge in [-0.1, -0.05) is 32.6 Å². The Morgan fingerprint density at radius 3 is 2.69 bits per heavy atom. The minimum absolute atomic E-state index is 0.444. The van der Waals surface area contributed by atoms with Crippen LogP contribution in [0, 0.1) is 0 Å². The van der Waals surface area contributed by atoms with Gasteiger partial charge >= 0.3 is 0 Å². The lowest BCUT2D eigenvalue weighted by Gasteiger charge is -2.23. The van der Waals surface area contributed by atoms with Gasteiger partial charge in [0.25, 0.3) is 0 Å². The third kappa shape index (κ3) is 6.49. The summed E-state index contributed by atoms with van der Waals surface area (Å²) in [6, 6.07) is 0.793. The lowest BCUT2D eigenvalue weighted by atomic mass is 9.95. The van der Waals surface area contributed by atoms with Crippen molar-refractivity contribution in [3.8, 4) is 0 Å². The van der Waals surface area contributed by atoms with Crippen LogP contribution in [0.25, 0.3) is 0 Å². The van der Waals surface area contributed by atoms with Crippen LogP contribution in [-0.4, -0.2) is 25.3 Å². The maximum absolute atomic E-state index is 5.73. The monoisotopic (exact) mass is 227 g/mol. The molecule has 0 bridgehead atoms. The van der Waals surface area contributed by atoms with Gasteiger partial charge in [0.15, 0.2) is 0 Å². The minimum atomic E-state index is 0.444. The fourth-order valence-electron chi connectivity index (χ4n) is 2.46. The van der Waals surface area contributed by atoms with Gasteiger partial charge in [0.2, 0.25) is 0 Å². The Labute approximate surface area is 101 Å². The first-order chi connectivity index (χ1) is 7.83. The molecule has 0 amide bonds. The highest BCUT2D eigenvalue weighted by atomic mass is 16.5. The van der Waals surface area contributed by atoms with E-state index >= 15 is 0 Å². The van der Waals surface area contributed by atoms with E-state index in [2.05, 4.69) is 19.2 Å². The summed E-state index contributed by atoms with van der Waals surface area (Å²) in [6.07, 6.45) is 11.1. The molecule has 1 saturated carbocycles. The van der Waals surface area contributed by atoms with Gasteiger partial charge in [0.05, 0.1) is 6.10 Å². The maximum atomic E-state index is 5.73. The third-order valence-electron chi connectivity index (χ3n) is 3.46. The van der Waals surface area contributed by atoms with Gasteiger partial charge in [0, 0.05) is 12.6 Å². The summed E-state index contributed by atoms with van der Waals surface area (Å²) in [5, 5.41) is 3.65. The summed E-state index contributed by atoms with van der Waals surface area (Å²) in [5.41, 5.74) is 0. The van der Waals surface area contributed by atoms with Gasteiger partial charge in [-0.25, -0.2) is 0 Å². The standard InChI is InChI=1S/C14H29NO/c1-3-8-13(2)16-12-7-11-15-14-9-5-4-6-10-14/h13-15H,3-12H2,1-2H3. The summed E-state index contributed by atoms with van der Waals surface area (Å²) in [4.78, 5) is 0. The highest BCUT2D eigenvalue weighted by molar-refractivity contribution is 4.71. The average molecular weight is 227 g/mol. The molecule has 0 radical (unpaired) electrons. The lowest BCUT2D eigenvalue weighted by molar-refractivity contribution is 0.0578.